The molecule has 4 aromatic rings. The van der Waals surface area contributed by atoms with Gasteiger partial charge in [0.05, 0.1) is 23.4 Å². The fourth-order valence-corrected chi connectivity index (χ4v) is 4.62. The van der Waals surface area contributed by atoms with Crippen LogP contribution < -0.4 is 10.9 Å². The lowest BCUT2D eigenvalue weighted by Gasteiger charge is -2.28. The van der Waals surface area contributed by atoms with Crippen molar-refractivity contribution in [3.8, 4) is 11.3 Å². The lowest BCUT2D eigenvalue weighted by molar-refractivity contribution is -0.222. The standard InChI is InChI=1S/C26H24F7N7O2/c1-39-13-36-38-23(39)24(27,26(31,32)33)16-8-19(15-3-4-15)37-20(9-16)17-11-35-21-18(25(28,29)30)7-14(10-34-5-6-42-2)12-40(21)22(17)41/h7-9,11-13,15,34H,3-6,10H2,1-2H3/t24-/m0/s1. The Morgan fingerprint density at radius 1 is 1.10 bits per heavy atom. The molecule has 16 heteroatoms. The summed E-state index contributed by atoms with van der Waals surface area (Å²) in [6.45, 7) is 0.560. The van der Waals surface area contributed by atoms with E-state index in [1.807, 2.05) is 0 Å². The Hall–Kier alpha value is -3.92. The molecular weight excluding hydrogens is 575 g/mol. The average molecular weight is 600 g/mol. The third-order valence-corrected chi connectivity index (χ3v) is 6.90. The van der Waals surface area contributed by atoms with Crippen molar-refractivity contribution >= 4 is 5.65 Å². The molecule has 0 aromatic carbocycles. The van der Waals surface area contributed by atoms with Crippen molar-refractivity contribution in [3.63, 3.8) is 0 Å². The van der Waals surface area contributed by atoms with Gasteiger partial charge in [-0.3, -0.25) is 14.2 Å². The quantitative estimate of drug-likeness (QED) is 0.226. The molecule has 9 nitrogen and oxygen atoms in total. The Labute approximate surface area is 233 Å². The SMILES string of the molecule is COCCNCc1cc(C(F)(F)F)c2ncc(-c3cc([C@](F)(c4nncn4C)C(F)(F)F)cc(C4CC4)n3)c(=O)n2c1. The van der Waals surface area contributed by atoms with Crippen molar-refractivity contribution in [2.45, 2.75) is 43.3 Å². The number of aryl methyl sites for hydroxylation is 1. The predicted molar refractivity (Wildman–Crippen MR) is 134 cm³/mol. The summed E-state index contributed by atoms with van der Waals surface area (Å²) < 4.78 is 108. The van der Waals surface area contributed by atoms with Crippen LogP contribution >= 0.6 is 0 Å². The van der Waals surface area contributed by atoms with E-state index in [0.29, 0.717) is 30.4 Å². The highest BCUT2D eigenvalue weighted by Gasteiger charge is 2.62. The largest absolute Gasteiger partial charge is 0.434 e. The van der Waals surface area contributed by atoms with Gasteiger partial charge in [-0.2, -0.15) is 26.3 Å². The van der Waals surface area contributed by atoms with E-state index in [1.54, 1.807) is 0 Å². The number of aromatic nitrogens is 6. The molecule has 0 aliphatic heterocycles. The lowest BCUT2D eigenvalue weighted by Crippen LogP contribution is -2.41. The number of methoxy groups -OCH3 is 1. The first-order valence-corrected chi connectivity index (χ1v) is 12.7. The topological polar surface area (TPSA) is 99.2 Å². The number of ether oxygens (including phenoxy) is 1. The zero-order valence-corrected chi connectivity index (χ0v) is 22.2. The van der Waals surface area contributed by atoms with Gasteiger partial charge in [0, 0.05) is 56.8 Å². The fraction of sp³-hybridized carbons (Fsp3) is 0.423. The molecular formula is C26H24F7N7O2. The fourth-order valence-electron chi connectivity index (χ4n) is 4.62. The molecule has 1 saturated carbocycles. The minimum atomic E-state index is -5.49. The van der Waals surface area contributed by atoms with Crippen LogP contribution in [0.15, 0.2) is 41.7 Å². The van der Waals surface area contributed by atoms with Crippen molar-refractivity contribution in [2.24, 2.45) is 7.05 Å². The summed E-state index contributed by atoms with van der Waals surface area (Å²) in [4.78, 5) is 21.8. The average Bonchev–Trinajstić information content (AvgIpc) is 3.69. The molecule has 224 valence electrons. The zero-order valence-electron chi connectivity index (χ0n) is 22.2. The Bertz CT molecular complexity index is 1680. The molecule has 5 rings (SSSR count). The summed E-state index contributed by atoms with van der Waals surface area (Å²) >= 11 is 0. The van der Waals surface area contributed by atoms with Gasteiger partial charge in [0.25, 0.3) is 11.2 Å². The van der Waals surface area contributed by atoms with E-state index in [0.717, 1.165) is 48.5 Å². The first-order chi connectivity index (χ1) is 19.8. The number of fused-ring (bicyclic) bond motifs is 1. The van der Waals surface area contributed by atoms with E-state index in [4.69, 9.17) is 4.74 Å². The van der Waals surface area contributed by atoms with Crippen LogP contribution in [0.4, 0.5) is 30.7 Å². The van der Waals surface area contributed by atoms with E-state index in [9.17, 15) is 31.1 Å². The highest BCUT2D eigenvalue weighted by molar-refractivity contribution is 5.63. The molecule has 0 saturated heterocycles. The number of hydrogen-bond acceptors (Lipinski definition) is 7. The van der Waals surface area contributed by atoms with E-state index in [2.05, 4.69) is 25.5 Å². The van der Waals surface area contributed by atoms with Crippen LogP contribution in [0.5, 0.6) is 0 Å². The molecule has 4 heterocycles. The van der Waals surface area contributed by atoms with Crippen LogP contribution in [-0.2, 0) is 30.2 Å². The Morgan fingerprint density at radius 2 is 1.83 bits per heavy atom. The first kappa shape index (κ1) is 29.6. The highest BCUT2D eigenvalue weighted by Crippen LogP contribution is 2.49. The molecule has 1 aliphatic rings. The molecule has 0 unspecified atom stereocenters. The van der Waals surface area contributed by atoms with Crippen LogP contribution in [-0.4, -0.2) is 55.6 Å². The van der Waals surface area contributed by atoms with Crippen LogP contribution in [0.3, 0.4) is 0 Å². The van der Waals surface area contributed by atoms with Crippen molar-refractivity contribution in [1.82, 2.24) is 34.4 Å². The van der Waals surface area contributed by atoms with Crippen molar-refractivity contribution in [1.29, 1.82) is 0 Å². The van der Waals surface area contributed by atoms with E-state index in [1.165, 1.54) is 7.11 Å². The summed E-state index contributed by atoms with van der Waals surface area (Å²) in [6.07, 6.45) is -6.33. The van der Waals surface area contributed by atoms with E-state index < -0.39 is 51.7 Å². The van der Waals surface area contributed by atoms with Crippen molar-refractivity contribution in [2.75, 3.05) is 20.3 Å². The predicted octanol–water partition coefficient (Wildman–Crippen LogP) is 4.29. The maximum Gasteiger partial charge on any atom is 0.434 e. The van der Waals surface area contributed by atoms with Crippen LogP contribution in [0.25, 0.3) is 16.9 Å². The third kappa shape index (κ3) is 5.35. The third-order valence-electron chi connectivity index (χ3n) is 6.90. The van der Waals surface area contributed by atoms with Crippen molar-refractivity contribution in [3.05, 3.63) is 75.5 Å². The second kappa shape index (κ2) is 10.7. The molecule has 42 heavy (non-hydrogen) atoms. The molecule has 1 atom stereocenters. The van der Waals surface area contributed by atoms with Crippen molar-refractivity contribution < 1.29 is 35.5 Å². The summed E-state index contributed by atoms with van der Waals surface area (Å²) in [6, 6.07) is 2.58. The summed E-state index contributed by atoms with van der Waals surface area (Å²) in [5.74, 6) is -1.32. The van der Waals surface area contributed by atoms with Gasteiger partial charge in [-0.25, -0.2) is 9.37 Å². The summed E-state index contributed by atoms with van der Waals surface area (Å²) in [7, 11) is 2.61. The Morgan fingerprint density at radius 3 is 2.43 bits per heavy atom. The van der Waals surface area contributed by atoms with Gasteiger partial charge in [-0.1, -0.05) is 0 Å². The highest BCUT2D eigenvalue weighted by atomic mass is 19.4. The Balaban J connectivity index is 1.71. The summed E-state index contributed by atoms with van der Waals surface area (Å²) in [5, 5.41) is 9.64. The maximum atomic E-state index is 16.3. The van der Waals surface area contributed by atoms with E-state index >= 15 is 4.39 Å². The number of pyridine rings is 2. The van der Waals surface area contributed by atoms with Crippen LogP contribution in [0, 0.1) is 0 Å². The van der Waals surface area contributed by atoms with Gasteiger partial charge in [0.15, 0.2) is 11.5 Å². The monoisotopic (exact) mass is 599 g/mol. The number of rotatable bonds is 9. The smallest absolute Gasteiger partial charge is 0.383 e. The number of hydrogen-bond donors (Lipinski definition) is 1. The Kier molecular flexibility index (Phi) is 7.55. The molecule has 0 bridgehead atoms. The van der Waals surface area contributed by atoms with Gasteiger partial charge in [-0.05, 0) is 36.6 Å². The van der Waals surface area contributed by atoms with Gasteiger partial charge >= 0.3 is 12.4 Å². The molecule has 4 aromatic heterocycles. The molecule has 0 radical (unpaired) electrons. The first-order valence-electron chi connectivity index (χ1n) is 12.7. The molecule has 0 spiro atoms. The number of nitrogens with one attached hydrogen (secondary N) is 1. The zero-order chi connectivity index (χ0) is 30.4. The maximum absolute atomic E-state index is 16.3. The molecule has 1 N–H and O–H groups in total. The summed E-state index contributed by atoms with van der Waals surface area (Å²) in [5.41, 5.74) is -8.51. The van der Waals surface area contributed by atoms with Crippen LogP contribution in [0.2, 0.25) is 0 Å². The van der Waals surface area contributed by atoms with Gasteiger partial charge in [-0.15, -0.1) is 10.2 Å². The minimum Gasteiger partial charge on any atom is -0.383 e. The second-order valence-corrected chi connectivity index (χ2v) is 9.96. The molecule has 0 amide bonds. The normalized spacial score (nSPS) is 15.7. The minimum absolute atomic E-state index is 0.0493. The van der Waals surface area contributed by atoms with Gasteiger partial charge in [0.1, 0.15) is 6.33 Å². The van der Waals surface area contributed by atoms with E-state index in [-0.39, 0.29) is 29.4 Å². The molecule has 1 fully saturated rings. The number of nitrogens with zero attached hydrogens (tertiary/aromatic N) is 6. The second-order valence-electron chi connectivity index (χ2n) is 9.96. The lowest BCUT2D eigenvalue weighted by atomic mass is 9.92. The number of halogens is 7. The molecule has 1 aliphatic carbocycles. The van der Waals surface area contributed by atoms with Crippen LogP contribution in [0.1, 0.15) is 47.0 Å². The van der Waals surface area contributed by atoms with Gasteiger partial charge in [0.2, 0.25) is 0 Å². The van der Waals surface area contributed by atoms with Gasteiger partial charge < -0.3 is 14.6 Å². The number of alkyl halides is 7.